The van der Waals surface area contributed by atoms with Crippen LogP contribution in [0.1, 0.15) is 6.92 Å². The van der Waals surface area contributed by atoms with E-state index in [2.05, 4.69) is 31.6 Å². The Labute approximate surface area is 180 Å². The predicted molar refractivity (Wildman–Crippen MR) is 117 cm³/mol. The summed E-state index contributed by atoms with van der Waals surface area (Å²) >= 11 is 4.28. The molecule has 12 heteroatoms. The third kappa shape index (κ3) is 4.83. The summed E-state index contributed by atoms with van der Waals surface area (Å²) in [5.74, 6) is 0.688. The number of fused-ring (bicyclic) bond motifs is 1. The van der Waals surface area contributed by atoms with Gasteiger partial charge in [-0.3, -0.25) is 25.2 Å². The first-order chi connectivity index (χ1) is 14.1. The van der Waals surface area contributed by atoms with Gasteiger partial charge in [-0.05, 0) is 17.9 Å². The Bertz CT molecular complexity index is 866. The molecule has 2 saturated heterocycles. The van der Waals surface area contributed by atoms with Gasteiger partial charge >= 0.3 is 0 Å². The van der Waals surface area contributed by atoms with Crippen LogP contribution in [0.25, 0.3) is 0 Å². The van der Waals surface area contributed by atoms with Crippen molar-refractivity contribution in [2.24, 2.45) is 5.92 Å². The van der Waals surface area contributed by atoms with Crippen molar-refractivity contribution < 1.29 is 9.59 Å². The lowest BCUT2D eigenvalue weighted by atomic mass is 10.1. The molecule has 29 heavy (non-hydrogen) atoms. The molecule has 4 rings (SSSR count). The van der Waals surface area contributed by atoms with E-state index in [-0.39, 0.29) is 35.1 Å². The van der Waals surface area contributed by atoms with Crippen LogP contribution < -0.4 is 26.4 Å². The number of carbonyl (C=O) groups is 2. The van der Waals surface area contributed by atoms with E-state index in [9.17, 15) is 9.59 Å². The number of nitrogens with one attached hydrogen (secondary N) is 4. The first-order valence-electron chi connectivity index (χ1n) is 9.16. The highest BCUT2D eigenvalue weighted by molar-refractivity contribution is 8.01. The number of benzene rings is 1. The molecule has 0 spiro atoms. The first kappa shape index (κ1) is 20.4. The molecule has 0 aliphatic carbocycles. The Morgan fingerprint density at radius 1 is 1.34 bits per heavy atom. The van der Waals surface area contributed by atoms with Gasteiger partial charge in [0.1, 0.15) is 11.7 Å². The van der Waals surface area contributed by atoms with Gasteiger partial charge < -0.3 is 5.32 Å². The molecule has 3 unspecified atom stereocenters. The van der Waals surface area contributed by atoms with Crippen LogP contribution in [-0.4, -0.2) is 51.7 Å². The summed E-state index contributed by atoms with van der Waals surface area (Å²) < 4.78 is 0.831. The van der Waals surface area contributed by atoms with Gasteiger partial charge in [-0.15, -0.1) is 22.0 Å². The lowest BCUT2D eigenvalue weighted by Crippen LogP contribution is -2.63. The van der Waals surface area contributed by atoms with Crippen LogP contribution >= 0.6 is 34.9 Å². The fourth-order valence-corrected chi connectivity index (χ4v) is 5.62. The molecule has 2 aliphatic rings. The molecule has 1 aromatic carbocycles. The van der Waals surface area contributed by atoms with Gasteiger partial charge in [-0.25, -0.2) is 5.43 Å². The monoisotopic (exact) mass is 451 g/mol. The summed E-state index contributed by atoms with van der Waals surface area (Å²) in [7, 11) is 0. The molecule has 9 nitrogen and oxygen atoms in total. The van der Waals surface area contributed by atoms with Gasteiger partial charge in [-0.1, -0.05) is 48.2 Å². The van der Waals surface area contributed by atoms with Crippen molar-refractivity contribution in [2.45, 2.75) is 22.9 Å². The maximum Gasteiger partial charge on any atom is 0.236 e. The van der Waals surface area contributed by atoms with Crippen molar-refractivity contribution >= 4 is 57.5 Å². The maximum absolute atomic E-state index is 12.5. The Morgan fingerprint density at radius 3 is 2.97 bits per heavy atom. The summed E-state index contributed by atoms with van der Waals surface area (Å²) in [6, 6.07) is 9.86. The summed E-state index contributed by atoms with van der Waals surface area (Å²) in [5, 5.41) is 19.6. The number of thioether (sulfide) groups is 2. The average Bonchev–Trinajstić information content (AvgIpc) is 3.34. The third-order valence-corrected chi connectivity index (χ3v) is 7.28. The zero-order chi connectivity index (χ0) is 20.2. The number of hydrogen-bond acceptors (Lipinski definition) is 10. The van der Waals surface area contributed by atoms with E-state index in [1.165, 1.54) is 23.1 Å². The lowest BCUT2D eigenvalue weighted by molar-refractivity contribution is -0.127. The summed E-state index contributed by atoms with van der Waals surface area (Å²) in [6.45, 7) is 2.60. The van der Waals surface area contributed by atoms with E-state index in [1.54, 1.807) is 11.8 Å². The smallest absolute Gasteiger partial charge is 0.236 e. The molecule has 2 fully saturated rings. The number of aromatic nitrogens is 2. The van der Waals surface area contributed by atoms with Gasteiger partial charge in [0.25, 0.3) is 0 Å². The first-order valence-corrected chi connectivity index (χ1v) is 12.0. The molecule has 2 aromatic rings. The summed E-state index contributed by atoms with van der Waals surface area (Å²) in [5.41, 5.74) is 3.91. The van der Waals surface area contributed by atoms with Crippen LogP contribution in [0.5, 0.6) is 0 Å². The molecular formula is C17H21N7O2S3. The van der Waals surface area contributed by atoms with E-state index in [4.69, 9.17) is 0 Å². The van der Waals surface area contributed by atoms with Crippen molar-refractivity contribution in [1.82, 2.24) is 26.3 Å². The van der Waals surface area contributed by atoms with Crippen molar-refractivity contribution in [3.05, 3.63) is 30.3 Å². The highest BCUT2D eigenvalue weighted by Gasteiger charge is 2.44. The SMILES string of the molecule is CCSc1nnc(NC(=O)CSC2NC(=O)C3CNN(c4ccccc4)C3N2)s1. The van der Waals surface area contributed by atoms with Crippen molar-refractivity contribution in [1.29, 1.82) is 0 Å². The molecule has 3 atom stereocenters. The number of hydrogen-bond donors (Lipinski definition) is 4. The number of rotatable bonds is 7. The van der Waals surface area contributed by atoms with E-state index in [0.717, 1.165) is 15.8 Å². The molecular weight excluding hydrogens is 430 g/mol. The van der Waals surface area contributed by atoms with Crippen molar-refractivity contribution in [3.8, 4) is 0 Å². The molecule has 154 valence electrons. The van der Waals surface area contributed by atoms with Crippen LogP contribution in [0.15, 0.2) is 34.7 Å². The van der Waals surface area contributed by atoms with Crippen LogP contribution in [0.2, 0.25) is 0 Å². The van der Waals surface area contributed by atoms with Crippen LogP contribution in [0.3, 0.4) is 0 Å². The quantitative estimate of drug-likeness (QED) is 0.365. The molecule has 4 N–H and O–H groups in total. The average molecular weight is 452 g/mol. The van der Waals surface area contributed by atoms with Gasteiger partial charge in [0.2, 0.25) is 16.9 Å². The lowest BCUT2D eigenvalue weighted by Gasteiger charge is -2.36. The van der Waals surface area contributed by atoms with Gasteiger partial charge in [-0.2, -0.15) is 0 Å². The molecule has 2 amide bonds. The highest BCUT2D eigenvalue weighted by Crippen LogP contribution is 2.27. The van der Waals surface area contributed by atoms with E-state index >= 15 is 0 Å². The Hall–Kier alpha value is -1.86. The normalized spacial score (nSPS) is 23.6. The zero-order valence-corrected chi connectivity index (χ0v) is 18.1. The Balaban J connectivity index is 1.32. The minimum absolute atomic E-state index is 0.0251. The largest absolute Gasteiger partial charge is 0.331 e. The second kappa shape index (κ2) is 9.30. The summed E-state index contributed by atoms with van der Waals surface area (Å²) in [4.78, 5) is 24.8. The third-order valence-electron chi connectivity index (χ3n) is 4.41. The number of carbonyl (C=O) groups excluding carboxylic acids is 2. The number of anilines is 2. The molecule has 0 saturated carbocycles. The van der Waals surface area contributed by atoms with Gasteiger partial charge in [0.05, 0.1) is 17.4 Å². The number of hydrazine groups is 1. The van der Waals surface area contributed by atoms with Crippen LogP contribution in [-0.2, 0) is 9.59 Å². The van der Waals surface area contributed by atoms with Gasteiger partial charge in [0.15, 0.2) is 4.34 Å². The molecule has 0 bridgehead atoms. The van der Waals surface area contributed by atoms with E-state index < -0.39 is 0 Å². The van der Waals surface area contributed by atoms with Crippen molar-refractivity contribution in [2.75, 3.05) is 28.4 Å². The van der Waals surface area contributed by atoms with Crippen molar-refractivity contribution in [3.63, 3.8) is 0 Å². The predicted octanol–water partition coefficient (Wildman–Crippen LogP) is 1.29. The molecule has 3 heterocycles. The second-order valence-electron chi connectivity index (χ2n) is 6.34. The maximum atomic E-state index is 12.5. The molecule has 0 radical (unpaired) electrons. The van der Waals surface area contributed by atoms with Gasteiger partial charge in [0, 0.05) is 6.54 Å². The minimum atomic E-state index is -0.360. The van der Waals surface area contributed by atoms with Crippen LogP contribution in [0, 0.1) is 5.92 Å². The number of nitrogens with zero attached hydrogens (tertiary/aromatic N) is 3. The van der Waals surface area contributed by atoms with E-state index in [0.29, 0.717) is 11.7 Å². The second-order valence-corrected chi connectivity index (χ2v) is 9.92. The van der Waals surface area contributed by atoms with Crippen LogP contribution in [0.4, 0.5) is 10.8 Å². The molecule has 2 aliphatic heterocycles. The standard InChI is InChI=1S/C17H21N7O2S3/c1-2-27-17-23-22-16(29-17)19-12(25)9-28-15-20-13-11(14(26)21-15)8-18-24(13)10-6-4-3-5-7-10/h3-7,11,13,15,18,20H,2,8-9H2,1H3,(H,21,26)(H,19,22,25). The Morgan fingerprint density at radius 2 is 2.17 bits per heavy atom. The van der Waals surface area contributed by atoms with E-state index in [1.807, 2.05) is 42.3 Å². The summed E-state index contributed by atoms with van der Waals surface area (Å²) in [6.07, 6.45) is -0.177. The minimum Gasteiger partial charge on any atom is -0.331 e. The fraction of sp³-hybridized carbons (Fsp3) is 0.412. The zero-order valence-electron chi connectivity index (χ0n) is 15.6. The highest BCUT2D eigenvalue weighted by atomic mass is 32.2. The Kier molecular flexibility index (Phi) is 6.55. The topological polar surface area (TPSA) is 111 Å². The molecule has 1 aromatic heterocycles. The number of amides is 2. The fourth-order valence-electron chi connectivity index (χ4n) is 3.13. The number of para-hydroxylation sites is 1.